The van der Waals surface area contributed by atoms with Gasteiger partial charge in [-0.25, -0.2) is 9.78 Å². The van der Waals surface area contributed by atoms with Gasteiger partial charge in [0.05, 0.1) is 12.2 Å². The predicted octanol–water partition coefficient (Wildman–Crippen LogP) is 1.79. The topological polar surface area (TPSA) is 62.7 Å². The number of carbonyl (C=O) groups is 1. The maximum atomic E-state index is 10.4. The van der Waals surface area contributed by atoms with Crippen LogP contribution in [0.4, 0.5) is 5.82 Å². The fourth-order valence-electron chi connectivity index (χ4n) is 2.06. The van der Waals surface area contributed by atoms with Crippen LogP contribution in [0.15, 0.2) is 24.4 Å². The third-order valence-corrected chi connectivity index (χ3v) is 2.94. The Hall–Kier alpha value is -1.88. The molecule has 1 saturated heterocycles. The van der Waals surface area contributed by atoms with Gasteiger partial charge in [-0.05, 0) is 37.6 Å². The van der Waals surface area contributed by atoms with E-state index in [1.807, 2.05) is 12.1 Å². The zero-order valence-electron chi connectivity index (χ0n) is 11.2. The van der Waals surface area contributed by atoms with Crippen LogP contribution in [0.25, 0.3) is 6.08 Å². The standard InChI is InChI=1S/C14H18N2O3/c1-14(2)10-16(7-8-19-14)12-5-3-11(9-15-12)4-6-13(17)18/h3-6,9H,7-8,10H2,1-2H3,(H,17,18)/b6-4+. The van der Waals surface area contributed by atoms with Gasteiger partial charge in [0.25, 0.3) is 0 Å². The number of morpholine rings is 1. The van der Waals surface area contributed by atoms with Gasteiger partial charge in [0.15, 0.2) is 0 Å². The van der Waals surface area contributed by atoms with E-state index < -0.39 is 5.97 Å². The molecule has 0 amide bonds. The van der Waals surface area contributed by atoms with Crippen molar-refractivity contribution in [3.63, 3.8) is 0 Å². The van der Waals surface area contributed by atoms with Crippen molar-refractivity contribution >= 4 is 17.9 Å². The van der Waals surface area contributed by atoms with Gasteiger partial charge in [-0.15, -0.1) is 0 Å². The monoisotopic (exact) mass is 262 g/mol. The van der Waals surface area contributed by atoms with E-state index in [9.17, 15) is 4.79 Å². The Balaban J connectivity index is 2.08. The number of rotatable bonds is 3. The molecule has 0 bridgehead atoms. The van der Waals surface area contributed by atoms with Gasteiger partial charge in [0, 0.05) is 25.4 Å². The molecule has 1 aliphatic heterocycles. The number of aliphatic carboxylic acids is 1. The maximum absolute atomic E-state index is 10.4. The predicted molar refractivity (Wildman–Crippen MR) is 73.2 cm³/mol. The Morgan fingerprint density at radius 3 is 2.89 bits per heavy atom. The lowest BCUT2D eigenvalue weighted by Gasteiger charge is -2.38. The zero-order chi connectivity index (χ0) is 13.9. The van der Waals surface area contributed by atoms with Crippen molar-refractivity contribution in [2.24, 2.45) is 0 Å². The number of anilines is 1. The van der Waals surface area contributed by atoms with Crippen molar-refractivity contribution in [1.29, 1.82) is 0 Å². The van der Waals surface area contributed by atoms with Crippen molar-refractivity contribution in [3.8, 4) is 0 Å². The highest BCUT2D eigenvalue weighted by atomic mass is 16.5. The summed E-state index contributed by atoms with van der Waals surface area (Å²) in [5.74, 6) is -0.0668. The Bertz CT molecular complexity index is 480. The molecule has 0 saturated carbocycles. The molecule has 0 aromatic carbocycles. The van der Waals surface area contributed by atoms with E-state index >= 15 is 0 Å². The van der Waals surface area contributed by atoms with Gasteiger partial charge in [0.2, 0.25) is 0 Å². The molecular formula is C14H18N2O3. The normalized spacial score (nSPS) is 18.7. The molecule has 0 unspecified atom stereocenters. The molecule has 0 spiro atoms. The van der Waals surface area contributed by atoms with Gasteiger partial charge in [-0.1, -0.05) is 0 Å². The first-order valence-electron chi connectivity index (χ1n) is 6.22. The van der Waals surface area contributed by atoms with E-state index in [-0.39, 0.29) is 5.60 Å². The van der Waals surface area contributed by atoms with Crippen LogP contribution < -0.4 is 4.90 Å². The number of nitrogens with zero attached hydrogens (tertiary/aromatic N) is 2. The molecule has 0 aliphatic carbocycles. The lowest BCUT2D eigenvalue weighted by Crippen LogP contribution is -2.48. The molecule has 0 radical (unpaired) electrons. The average molecular weight is 262 g/mol. The molecule has 1 aromatic rings. The molecular weight excluding hydrogens is 244 g/mol. The van der Waals surface area contributed by atoms with E-state index in [0.717, 1.165) is 30.5 Å². The third-order valence-electron chi connectivity index (χ3n) is 2.94. The molecule has 1 aromatic heterocycles. The molecule has 2 rings (SSSR count). The number of carboxylic acid groups (broad SMARTS) is 1. The molecule has 2 heterocycles. The van der Waals surface area contributed by atoms with Gasteiger partial charge in [0.1, 0.15) is 5.82 Å². The van der Waals surface area contributed by atoms with Crippen molar-refractivity contribution in [3.05, 3.63) is 30.0 Å². The van der Waals surface area contributed by atoms with Crippen LogP contribution >= 0.6 is 0 Å². The summed E-state index contributed by atoms with van der Waals surface area (Å²) in [6.45, 7) is 6.42. The Labute approximate surface area is 112 Å². The van der Waals surface area contributed by atoms with Crippen LogP contribution in [0.5, 0.6) is 0 Å². The van der Waals surface area contributed by atoms with E-state index in [2.05, 4.69) is 23.7 Å². The molecule has 1 aliphatic rings. The summed E-state index contributed by atoms with van der Waals surface area (Å²) in [5, 5.41) is 8.56. The summed E-state index contributed by atoms with van der Waals surface area (Å²) in [4.78, 5) is 17.0. The highest BCUT2D eigenvalue weighted by Gasteiger charge is 2.27. The van der Waals surface area contributed by atoms with Crippen LogP contribution in [0.2, 0.25) is 0 Å². The SMILES string of the molecule is CC1(C)CN(c2ccc(/C=C/C(=O)O)cn2)CCO1. The first-order valence-corrected chi connectivity index (χ1v) is 6.22. The van der Waals surface area contributed by atoms with Gasteiger partial charge >= 0.3 is 5.97 Å². The van der Waals surface area contributed by atoms with Crippen molar-refractivity contribution in [2.45, 2.75) is 19.4 Å². The van der Waals surface area contributed by atoms with Crippen molar-refractivity contribution in [1.82, 2.24) is 4.98 Å². The molecule has 5 nitrogen and oxygen atoms in total. The maximum Gasteiger partial charge on any atom is 0.328 e. The number of hydrogen-bond donors (Lipinski definition) is 1. The van der Waals surface area contributed by atoms with Crippen LogP contribution in [-0.2, 0) is 9.53 Å². The second-order valence-electron chi connectivity index (χ2n) is 5.15. The van der Waals surface area contributed by atoms with E-state index in [4.69, 9.17) is 9.84 Å². The summed E-state index contributed by atoms with van der Waals surface area (Å²) in [6, 6.07) is 3.77. The largest absolute Gasteiger partial charge is 0.478 e. The number of hydrogen-bond acceptors (Lipinski definition) is 4. The summed E-state index contributed by atoms with van der Waals surface area (Å²) < 4.78 is 5.66. The van der Waals surface area contributed by atoms with Crippen molar-refractivity contribution in [2.75, 3.05) is 24.6 Å². The van der Waals surface area contributed by atoms with Crippen LogP contribution in [0, 0.1) is 0 Å². The van der Waals surface area contributed by atoms with E-state index in [0.29, 0.717) is 6.61 Å². The molecule has 5 heteroatoms. The molecule has 0 atom stereocenters. The van der Waals surface area contributed by atoms with Gasteiger partial charge in [-0.2, -0.15) is 0 Å². The Morgan fingerprint density at radius 2 is 2.32 bits per heavy atom. The molecule has 102 valence electrons. The van der Waals surface area contributed by atoms with Crippen LogP contribution in [-0.4, -0.2) is 41.4 Å². The minimum absolute atomic E-state index is 0.165. The fourth-order valence-corrected chi connectivity index (χ4v) is 2.06. The molecule has 1 N–H and O–H groups in total. The smallest absolute Gasteiger partial charge is 0.328 e. The minimum Gasteiger partial charge on any atom is -0.478 e. The lowest BCUT2D eigenvalue weighted by molar-refractivity contribution is -0.131. The van der Waals surface area contributed by atoms with Gasteiger partial charge < -0.3 is 14.7 Å². The van der Waals surface area contributed by atoms with Gasteiger partial charge in [-0.3, -0.25) is 0 Å². The summed E-state index contributed by atoms with van der Waals surface area (Å²) in [6.07, 6.45) is 4.31. The third kappa shape index (κ3) is 3.79. The first-order chi connectivity index (χ1) is 8.96. The lowest BCUT2D eigenvalue weighted by atomic mass is 10.1. The van der Waals surface area contributed by atoms with Crippen LogP contribution in [0.1, 0.15) is 19.4 Å². The highest BCUT2D eigenvalue weighted by Crippen LogP contribution is 2.21. The number of aromatic nitrogens is 1. The Kier molecular flexibility index (Phi) is 3.85. The second kappa shape index (κ2) is 5.40. The Morgan fingerprint density at radius 1 is 1.53 bits per heavy atom. The second-order valence-corrected chi connectivity index (χ2v) is 5.15. The highest BCUT2D eigenvalue weighted by molar-refractivity contribution is 5.85. The van der Waals surface area contributed by atoms with E-state index in [1.165, 1.54) is 6.08 Å². The average Bonchev–Trinajstić information content (AvgIpc) is 2.36. The zero-order valence-corrected chi connectivity index (χ0v) is 11.2. The summed E-state index contributed by atoms with van der Waals surface area (Å²) >= 11 is 0. The summed E-state index contributed by atoms with van der Waals surface area (Å²) in [7, 11) is 0. The summed E-state index contributed by atoms with van der Waals surface area (Å²) in [5.41, 5.74) is 0.612. The minimum atomic E-state index is -0.959. The fraction of sp³-hybridized carbons (Fsp3) is 0.429. The molecule has 1 fully saturated rings. The van der Waals surface area contributed by atoms with Crippen molar-refractivity contribution < 1.29 is 14.6 Å². The number of pyridine rings is 1. The molecule has 19 heavy (non-hydrogen) atoms. The first kappa shape index (κ1) is 13.5. The van der Waals surface area contributed by atoms with E-state index in [1.54, 1.807) is 6.20 Å². The quantitative estimate of drug-likeness (QED) is 0.841. The number of ether oxygens (including phenoxy) is 1. The van der Waals surface area contributed by atoms with Crippen LogP contribution in [0.3, 0.4) is 0 Å². The number of carboxylic acids is 1.